The van der Waals surface area contributed by atoms with Gasteiger partial charge in [0.25, 0.3) is 0 Å². The first-order valence-electron chi connectivity index (χ1n) is 6.55. The topological polar surface area (TPSA) is 58.3 Å². The Morgan fingerprint density at radius 2 is 2.11 bits per heavy atom. The number of aryl methyl sites for hydroxylation is 1. The van der Waals surface area contributed by atoms with Crippen LogP contribution in [0, 0.1) is 12.8 Å². The summed E-state index contributed by atoms with van der Waals surface area (Å²) in [6, 6.07) is 3.98. The van der Waals surface area contributed by atoms with Crippen molar-refractivity contribution in [1.29, 1.82) is 0 Å². The molecule has 1 aromatic rings. The van der Waals surface area contributed by atoms with Crippen molar-refractivity contribution in [3.8, 4) is 0 Å². The Morgan fingerprint density at radius 3 is 2.83 bits per heavy atom. The van der Waals surface area contributed by atoms with Crippen LogP contribution in [0.4, 0.5) is 11.4 Å². The molecule has 0 aliphatic heterocycles. The van der Waals surface area contributed by atoms with Crippen molar-refractivity contribution < 1.29 is 5.11 Å². The van der Waals surface area contributed by atoms with Crippen molar-refractivity contribution in [2.75, 3.05) is 17.6 Å². The average Bonchev–Trinajstić information content (AvgIpc) is 2.34. The Labute approximate surface area is 117 Å². The number of aliphatic hydroxyl groups is 1. The number of halogens is 1. The fraction of sp³-hybridized carbons (Fsp3) is 0.571. The number of aliphatic hydroxyl groups excluding tert-OH is 1. The summed E-state index contributed by atoms with van der Waals surface area (Å²) in [6.07, 6.45) is 4.28. The summed E-state index contributed by atoms with van der Waals surface area (Å²) in [7, 11) is 0. The molecule has 100 valence electrons. The van der Waals surface area contributed by atoms with Gasteiger partial charge < -0.3 is 16.2 Å². The maximum absolute atomic E-state index is 9.94. The van der Waals surface area contributed by atoms with Gasteiger partial charge in [-0.1, -0.05) is 12.8 Å². The molecular weight excluding hydrogens is 292 g/mol. The Morgan fingerprint density at radius 1 is 1.39 bits per heavy atom. The SMILES string of the molecule is Cc1cc(NCC2CCCCC2O)c(Br)cc1N. The fourth-order valence-electron chi connectivity index (χ4n) is 2.50. The molecule has 0 radical (unpaired) electrons. The molecule has 3 nitrogen and oxygen atoms in total. The predicted molar refractivity (Wildman–Crippen MR) is 79.7 cm³/mol. The molecule has 2 atom stereocenters. The molecule has 1 saturated carbocycles. The van der Waals surface area contributed by atoms with Gasteiger partial charge in [0.15, 0.2) is 0 Å². The zero-order valence-corrected chi connectivity index (χ0v) is 12.3. The highest BCUT2D eigenvalue weighted by atomic mass is 79.9. The number of nitrogen functional groups attached to an aromatic ring is 1. The van der Waals surface area contributed by atoms with E-state index in [-0.39, 0.29) is 6.10 Å². The first-order valence-corrected chi connectivity index (χ1v) is 7.35. The number of nitrogens with two attached hydrogens (primary N) is 1. The first kappa shape index (κ1) is 13.7. The van der Waals surface area contributed by atoms with Gasteiger partial charge in [-0.15, -0.1) is 0 Å². The molecule has 2 unspecified atom stereocenters. The molecule has 1 aliphatic carbocycles. The van der Waals surface area contributed by atoms with Crippen LogP contribution in [0.2, 0.25) is 0 Å². The molecule has 18 heavy (non-hydrogen) atoms. The van der Waals surface area contributed by atoms with Gasteiger partial charge in [-0.25, -0.2) is 0 Å². The highest BCUT2D eigenvalue weighted by Crippen LogP contribution is 2.29. The van der Waals surface area contributed by atoms with Crippen molar-refractivity contribution in [3.63, 3.8) is 0 Å². The van der Waals surface area contributed by atoms with E-state index in [9.17, 15) is 5.11 Å². The van der Waals surface area contributed by atoms with E-state index in [0.29, 0.717) is 5.92 Å². The first-order chi connectivity index (χ1) is 8.58. The highest BCUT2D eigenvalue weighted by molar-refractivity contribution is 9.10. The lowest BCUT2D eigenvalue weighted by Gasteiger charge is -2.28. The monoisotopic (exact) mass is 312 g/mol. The standard InChI is InChI=1S/C14H21BrN2O/c1-9-6-13(11(15)7-12(9)16)17-8-10-4-2-3-5-14(10)18/h6-7,10,14,17-18H,2-5,8,16H2,1H3. The Bertz CT molecular complexity index is 423. The summed E-state index contributed by atoms with van der Waals surface area (Å²) in [5.74, 6) is 0.364. The smallest absolute Gasteiger partial charge is 0.0585 e. The van der Waals surface area contributed by atoms with Gasteiger partial charge in [0.2, 0.25) is 0 Å². The number of rotatable bonds is 3. The zero-order chi connectivity index (χ0) is 13.1. The van der Waals surface area contributed by atoms with Crippen molar-refractivity contribution in [2.45, 2.75) is 38.7 Å². The second-order valence-electron chi connectivity index (χ2n) is 5.18. The minimum absolute atomic E-state index is 0.153. The van der Waals surface area contributed by atoms with Crippen LogP contribution in [0.15, 0.2) is 16.6 Å². The predicted octanol–water partition coefficient (Wildman–Crippen LogP) is 3.30. The minimum Gasteiger partial charge on any atom is -0.398 e. The Hall–Kier alpha value is -0.740. The van der Waals surface area contributed by atoms with Crippen LogP contribution in [0.3, 0.4) is 0 Å². The second kappa shape index (κ2) is 5.93. The summed E-state index contributed by atoms with van der Waals surface area (Å²) in [6.45, 7) is 2.82. The van der Waals surface area contributed by atoms with Crippen molar-refractivity contribution in [1.82, 2.24) is 0 Å². The van der Waals surface area contributed by atoms with Crippen LogP contribution in [0.1, 0.15) is 31.2 Å². The molecule has 2 rings (SSSR count). The van der Waals surface area contributed by atoms with Gasteiger partial charge in [-0.2, -0.15) is 0 Å². The quantitative estimate of drug-likeness (QED) is 0.751. The fourth-order valence-corrected chi connectivity index (χ4v) is 3.00. The van der Waals surface area contributed by atoms with E-state index in [1.165, 1.54) is 6.42 Å². The van der Waals surface area contributed by atoms with E-state index in [0.717, 1.165) is 47.2 Å². The van der Waals surface area contributed by atoms with E-state index in [2.05, 4.69) is 27.3 Å². The van der Waals surface area contributed by atoms with Gasteiger partial charge >= 0.3 is 0 Å². The van der Waals surface area contributed by atoms with Gasteiger partial charge in [-0.05, 0) is 53.4 Å². The van der Waals surface area contributed by atoms with Crippen LogP contribution >= 0.6 is 15.9 Å². The lowest BCUT2D eigenvalue weighted by Crippen LogP contribution is -2.30. The summed E-state index contributed by atoms with van der Waals surface area (Å²) in [5.41, 5.74) is 8.78. The van der Waals surface area contributed by atoms with Crippen LogP contribution in [-0.4, -0.2) is 17.8 Å². The molecular formula is C14H21BrN2O. The van der Waals surface area contributed by atoms with Gasteiger partial charge in [0, 0.05) is 28.3 Å². The maximum atomic E-state index is 9.94. The van der Waals surface area contributed by atoms with Gasteiger partial charge in [0.05, 0.1) is 6.10 Å². The number of nitrogens with one attached hydrogen (secondary N) is 1. The van der Waals surface area contributed by atoms with E-state index < -0.39 is 0 Å². The summed E-state index contributed by atoms with van der Waals surface area (Å²) in [5, 5.41) is 13.4. The third kappa shape index (κ3) is 3.18. The van der Waals surface area contributed by atoms with E-state index in [1.807, 2.05) is 13.0 Å². The van der Waals surface area contributed by atoms with Crippen LogP contribution in [0.25, 0.3) is 0 Å². The van der Waals surface area contributed by atoms with E-state index in [1.54, 1.807) is 0 Å². The minimum atomic E-state index is -0.153. The van der Waals surface area contributed by atoms with Gasteiger partial charge in [0.1, 0.15) is 0 Å². The molecule has 0 aromatic heterocycles. The second-order valence-corrected chi connectivity index (χ2v) is 6.04. The third-order valence-corrected chi connectivity index (χ3v) is 4.44. The lowest BCUT2D eigenvalue weighted by molar-refractivity contribution is 0.0763. The molecule has 0 amide bonds. The molecule has 0 heterocycles. The van der Waals surface area contributed by atoms with Crippen LogP contribution < -0.4 is 11.1 Å². The average molecular weight is 313 g/mol. The molecule has 1 aliphatic rings. The van der Waals surface area contributed by atoms with Crippen molar-refractivity contribution >= 4 is 27.3 Å². The van der Waals surface area contributed by atoms with Crippen LogP contribution in [-0.2, 0) is 0 Å². The number of benzene rings is 1. The Balaban J connectivity index is 1.99. The molecule has 1 fully saturated rings. The zero-order valence-electron chi connectivity index (χ0n) is 10.7. The number of hydrogen-bond acceptors (Lipinski definition) is 3. The maximum Gasteiger partial charge on any atom is 0.0585 e. The molecule has 0 saturated heterocycles. The molecule has 0 spiro atoms. The van der Waals surface area contributed by atoms with Crippen molar-refractivity contribution in [3.05, 3.63) is 22.2 Å². The normalized spacial score (nSPS) is 23.9. The molecule has 4 heteroatoms. The largest absolute Gasteiger partial charge is 0.398 e. The summed E-state index contributed by atoms with van der Waals surface area (Å²) >= 11 is 3.52. The highest BCUT2D eigenvalue weighted by Gasteiger charge is 2.22. The molecule has 1 aromatic carbocycles. The van der Waals surface area contributed by atoms with E-state index >= 15 is 0 Å². The number of hydrogen-bond donors (Lipinski definition) is 3. The van der Waals surface area contributed by atoms with Crippen LogP contribution in [0.5, 0.6) is 0 Å². The molecule has 4 N–H and O–H groups in total. The van der Waals surface area contributed by atoms with Gasteiger partial charge in [-0.3, -0.25) is 0 Å². The van der Waals surface area contributed by atoms with Crippen molar-refractivity contribution in [2.24, 2.45) is 5.92 Å². The lowest BCUT2D eigenvalue weighted by atomic mass is 9.86. The Kier molecular flexibility index (Phi) is 4.51. The number of anilines is 2. The van der Waals surface area contributed by atoms with E-state index in [4.69, 9.17) is 5.73 Å². The summed E-state index contributed by atoms with van der Waals surface area (Å²) in [4.78, 5) is 0. The third-order valence-electron chi connectivity index (χ3n) is 3.78. The summed E-state index contributed by atoms with van der Waals surface area (Å²) < 4.78 is 0.982. The molecule has 0 bridgehead atoms.